The Morgan fingerprint density at radius 2 is 1.71 bits per heavy atom. The Labute approximate surface area is 182 Å². The molecule has 4 aromatic rings. The van der Waals surface area contributed by atoms with Gasteiger partial charge in [0.25, 0.3) is 0 Å². The average Bonchev–Trinajstić information content (AvgIpc) is 3.12. The topological polar surface area (TPSA) is 57.2 Å². The molecule has 0 spiro atoms. The number of carbonyl (C=O) groups is 1. The van der Waals surface area contributed by atoms with E-state index in [0.717, 1.165) is 39.7 Å². The van der Waals surface area contributed by atoms with Gasteiger partial charge >= 0.3 is 0 Å². The van der Waals surface area contributed by atoms with Crippen molar-refractivity contribution in [1.82, 2.24) is 4.57 Å². The second-order valence-corrected chi connectivity index (χ2v) is 8.64. The summed E-state index contributed by atoms with van der Waals surface area (Å²) >= 11 is 0. The van der Waals surface area contributed by atoms with Crippen molar-refractivity contribution in [2.45, 2.75) is 38.6 Å². The lowest BCUT2D eigenvalue weighted by Gasteiger charge is -2.23. The second-order valence-electron chi connectivity index (χ2n) is 8.64. The van der Waals surface area contributed by atoms with Gasteiger partial charge in [0.05, 0.1) is 7.11 Å². The zero-order valence-electron chi connectivity index (χ0n) is 17.9. The first kappa shape index (κ1) is 19.7. The first-order valence-electron chi connectivity index (χ1n) is 11.1. The lowest BCUT2D eigenvalue weighted by atomic mass is 9.89. The number of carbonyl (C=O) groups excluding carboxylic acids is 1. The Kier molecular flexibility index (Phi) is 5.14. The van der Waals surface area contributed by atoms with Crippen LogP contribution in [0.5, 0.6) is 5.75 Å². The molecule has 158 valence electrons. The molecule has 1 heterocycles. The molecule has 1 aliphatic rings. The van der Waals surface area contributed by atoms with Crippen LogP contribution < -0.4 is 10.5 Å². The van der Waals surface area contributed by atoms with Crippen molar-refractivity contribution in [3.8, 4) is 16.9 Å². The van der Waals surface area contributed by atoms with Gasteiger partial charge in [0.2, 0.25) is 5.91 Å². The lowest BCUT2D eigenvalue weighted by molar-refractivity contribution is 0.100. The zero-order chi connectivity index (χ0) is 21.4. The highest BCUT2D eigenvalue weighted by Gasteiger charge is 2.20. The minimum Gasteiger partial charge on any atom is -0.497 e. The number of amides is 1. The fraction of sp³-hybridized carbons (Fsp3) is 0.296. The molecule has 0 aliphatic heterocycles. The molecule has 0 unspecified atom stereocenters. The summed E-state index contributed by atoms with van der Waals surface area (Å²) < 4.78 is 7.72. The highest BCUT2D eigenvalue weighted by molar-refractivity contribution is 6.18. The van der Waals surface area contributed by atoms with Gasteiger partial charge in [-0.3, -0.25) is 4.79 Å². The molecule has 0 atom stereocenters. The summed E-state index contributed by atoms with van der Waals surface area (Å²) in [6.07, 6.45) is 6.51. The number of fused-ring (bicyclic) bond motifs is 3. The summed E-state index contributed by atoms with van der Waals surface area (Å²) in [5, 5.41) is 2.07. The highest BCUT2D eigenvalue weighted by atomic mass is 16.5. The third kappa shape index (κ3) is 3.56. The molecule has 1 aromatic heterocycles. The highest BCUT2D eigenvalue weighted by Crippen LogP contribution is 2.36. The third-order valence-electron chi connectivity index (χ3n) is 6.75. The van der Waals surface area contributed by atoms with Gasteiger partial charge in [0.1, 0.15) is 5.75 Å². The number of nitrogens with two attached hydrogens (primary N) is 1. The van der Waals surface area contributed by atoms with Gasteiger partial charge in [0.15, 0.2) is 0 Å². The third-order valence-corrected chi connectivity index (χ3v) is 6.75. The summed E-state index contributed by atoms with van der Waals surface area (Å²) in [7, 11) is 1.68. The molecule has 2 N–H and O–H groups in total. The van der Waals surface area contributed by atoms with Crippen LogP contribution >= 0.6 is 0 Å². The first-order chi connectivity index (χ1) is 15.2. The number of hydrogen-bond donors (Lipinski definition) is 1. The summed E-state index contributed by atoms with van der Waals surface area (Å²) in [4.78, 5) is 12.2. The van der Waals surface area contributed by atoms with E-state index in [2.05, 4.69) is 41.0 Å². The van der Waals surface area contributed by atoms with E-state index in [1.54, 1.807) is 7.11 Å². The van der Waals surface area contributed by atoms with Gasteiger partial charge in [-0.05, 0) is 60.2 Å². The second kappa shape index (κ2) is 8.10. The van der Waals surface area contributed by atoms with Gasteiger partial charge < -0.3 is 15.0 Å². The molecule has 31 heavy (non-hydrogen) atoms. The SMILES string of the molecule is COc1ccc(-c2ccc3c4c(C(N)=O)cccc4n(CC4CCCCC4)c3c2)cc1. The molecule has 1 saturated carbocycles. The first-order valence-corrected chi connectivity index (χ1v) is 11.1. The van der Waals surface area contributed by atoms with E-state index in [-0.39, 0.29) is 5.91 Å². The number of hydrogen-bond acceptors (Lipinski definition) is 2. The van der Waals surface area contributed by atoms with Gasteiger partial charge in [-0.25, -0.2) is 0 Å². The van der Waals surface area contributed by atoms with Crippen molar-refractivity contribution in [3.05, 3.63) is 66.2 Å². The van der Waals surface area contributed by atoms with E-state index in [1.165, 1.54) is 37.6 Å². The Hall–Kier alpha value is -3.27. The van der Waals surface area contributed by atoms with Crippen LogP contribution in [-0.4, -0.2) is 17.6 Å². The smallest absolute Gasteiger partial charge is 0.249 e. The van der Waals surface area contributed by atoms with Crippen molar-refractivity contribution >= 4 is 27.7 Å². The summed E-state index contributed by atoms with van der Waals surface area (Å²) in [5.41, 5.74) is 10.9. The minimum atomic E-state index is -0.374. The molecule has 5 rings (SSSR count). The standard InChI is InChI=1S/C27H28N2O2/c1-31-21-13-10-19(11-14-21)20-12-15-22-25(16-20)29(17-18-6-3-2-4-7-18)24-9-5-8-23(26(22)24)27(28)30/h5,8-16,18H,2-4,6-7,17H2,1H3,(H2,28,30). The van der Waals surface area contributed by atoms with Crippen LogP contribution in [0.15, 0.2) is 60.7 Å². The molecule has 1 amide bonds. The van der Waals surface area contributed by atoms with Gasteiger partial charge in [-0.2, -0.15) is 0 Å². The average molecular weight is 413 g/mol. The Morgan fingerprint density at radius 1 is 0.968 bits per heavy atom. The minimum absolute atomic E-state index is 0.374. The van der Waals surface area contributed by atoms with Crippen LogP contribution in [0.1, 0.15) is 42.5 Å². The number of primary amides is 1. The number of nitrogens with zero attached hydrogens (tertiary/aromatic N) is 1. The monoisotopic (exact) mass is 412 g/mol. The molecular weight excluding hydrogens is 384 g/mol. The predicted molar refractivity (Wildman–Crippen MR) is 127 cm³/mol. The van der Waals surface area contributed by atoms with E-state index < -0.39 is 0 Å². The van der Waals surface area contributed by atoms with Crippen molar-refractivity contribution in [3.63, 3.8) is 0 Å². The summed E-state index contributed by atoms with van der Waals surface area (Å²) in [5.74, 6) is 1.15. The van der Waals surface area contributed by atoms with E-state index in [1.807, 2.05) is 24.3 Å². The molecule has 1 aliphatic carbocycles. The maximum atomic E-state index is 12.2. The number of methoxy groups -OCH3 is 1. The summed E-state index contributed by atoms with van der Waals surface area (Å²) in [6.45, 7) is 0.980. The maximum absolute atomic E-state index is 12.2. The molecule has 0 radical (unpaired) electrons. The molecule has 4 nitrogen and oxygen atoms in total. The van der Waals surface area contributed by atoms with E-state index >= 15 is 0 Å². The van der Waals surface area contributed by atoms with E-state index in [4.69, 9.17) is 10.5 Å². The normalized spacial score (nSPS) is 14.9. The molecule has 1 fully saturated rings. The molecule has 0 bridgehead atoms. The van der Waals surface area contributed by atoms with Gasteiger partial charge in [-0.1, -0.05) is 49.6 Å². The molecule has 4 heteroatoms. The van der Waals surface area contributed by atoms with Crippen molar-refractivity contribution in [2.24, 2.45) is 11.7 Å². The molecule has 0 saturated heterocycles. The predicted octanol–water partition coefficient (Wildman–Crippen LogP) is 6.15. The quantitative estimate of drug-likeness (QED) is 0.427. The largest absolute Gasteiger partial charge is 0.497 e. The zero-order valence-corrected chi connectivity index (χ0v) is 17.9. The maximum Gasteiger partial charge on any atom is 0.249 e. The fourth-order valence-corrected chi connectivity index (χ4v) is 5.14. The van der Waals surface area contributed by atoms with Crippen molar-refractivity contribution in [1.29, 1.82) is 0 Å². The van der Waals surface area contributed by atoms with Crippen LogP contribution in [0, 0.1) is 5.92 Å². The summed E-state index contributed by atoms with van der Waals surface area (Å²) in [6, 6.07) is 20.6. The van der Waals surface area contributed by atoms with Crippen molar-refractivity contribution in [2.75, 3.05) is 7.11 Å². The van der Waals surface area contributed by atoms with Gasteiger partial charge in [-0.15, -0.1) is 0 Å². The van der Waals surface area contributed by atoms with Crippen molar-refractivity contribution < 1.29 is 9.53 Å². The van der Waals surface area contributed by atoms with E-state index in [9.17, 15) is 4.79 Å². The van der Waals surface area contributed by atoms with Crippen LogP contribution in [0.25, 0.3) is 32.9 Å². The fourth-order valence-electron chi connectivity index (χ4n) is 5.14. The Morgan fingerprint density at radius 3 is 2.42 bits per heavy atom. The number of ether oxygens (including phenoxy) is 1. The molecular formula is C27H28N2O2. The molecule has 3 aromatic carbocycles. The number of benzene rings is 3. The van der Waals surface area contributed by atoms with Crippen LogP contribution in [0.2, 0.25) is 0 Å². The van der Waals surface area contributed by atoms with Crippen LogP contribution in [0.3, 0.4) is 0 Å². The number of rotatable bonds is 5. The van der Waals surface area contributed by atoms with Crippen LogP contribution in [-0.2, 0) is 6.54 Å². The van der Waals surface area contributed by atoms with Crippen LogP contribution in [0.4, 0.5) is 0 Å². The Balaban J connectivity index is 1.71. The Bertz CT molecular complexity index is 1250. The van der Waals surface area contributed by atoms with E-state index in [0.29, 0.717) is 11.5 Å². The number of aromatic nitrogens is 1. The lowest BCUT2D eigenvalue weighted by Crippen LogP contribution is -2.14. The van der Waals surface area contributed by atoms with Gasteiger partial charge in [0, 0.05) is 33.9 Å².